The lowest BCUT2D eigenvalue weighted by atomic mass is 9.91. The maximum atomic E-state index is 6.25. The molecule has 154 valence electrons. The Kier molecular flexibility index (Phi) is 4.43. The molecule has 2 heteroatoms. The first kappa shape index (κ1) is 18.7. The Morgan fingerprint density at radius 3 is 1.81 bits per heavy atom. The van der Waals surface area contributed by atoms with Crippen molar-refractivity contribution >= 4 is 43.1 Å². The molecule has 2 nitrogen and oxygen atoms in total. The maximum Gasteiger partial charge on any atom is 0.162 e. The van der Waals surface area contributed by atoms with Gasteiger partial charge in [0.05, 0.1) is 7.11 Å². The van der Waals surface area contributed by atoms with Crippen molar-refractivity contribution in [1.82, 2.24) is 0 Å². The van der Waals surface area contributed by atoms with Crippen LogP contribution >= 0.6 is 0 Å². The number of rotatable bonds is 4. The van der Waals surface area contributed by atoms with Crippen LogP contribution in [0.5, 0.6) is 11.5 Å². The zero-order valence-corrected chi connectivity index (χ0v) is 17.8. The molecule has 0 spiro atoms. The van der Waals surface area contributed by atoms with Gasteiger partial charge >= 0.3 is 0 Å². The molecule has 0 atom stereocenters. The van der Waals surface area contributed by atoms with E-state index in [-0.39, 0.29) is 0 Å². The van der Waals surface area contributed by atoms with Crippen molar-refractivity contribution in [2.24, 2.45) is 0 Å². The molecule has 0 saturated heterocycles. The second-order valence-corrected chi connectivity index (χ2v) is 8.08. The summed E-state index contributed by atoms with van der Waals surface area (Å²) in [5.41, 5.74) is 1.13. The summed E-state index contributed by atoms with van der Waals surface area (Å²) in [5, 5.41) is 9.90. The van der Waals surface area contributed by atoms with E-state index in [4.69, 9.17) is 9.47 Å². The van der Waals surface area contributed by atoms with Crippen molar-refractivity contribution in [3.05, 3.63) is 109 Å². The second kappa shape index (κ2) is 7.58. The molecule has 0 aliphatic rings. The number of ether oxygens (including phenoxy) is 2. The molecule has 0 amide bonds. The highest BCUT2D eigenvalue weighted by atomic mass is 16.5. The minimum absolute atomic E-state index is 0.497. The smallest absolute Gasteiger partial charge is 0.162 e. The van der Waals surface area contributed by atoms with E-state index in [0.29, 0.717) is 6.61 Å². The van der Waals surface area contributed by atoms with Crippen molar-refractivity contribution in [1.29, 1.82) is 0 Å². The van der Waals surface area contributed by atoms with Crippen molar-refractivity contribution in [2.75, 3.05) is 7.11 Å². The van der Waals surface area contributed by atoms with E-state index in [0.717, 1.165) is 22.4 Å². The molecule has 0 bridgehead atoms. The van der Waals surface area contributed by atoms with Gasteiger partial charge in [-0.2, -0.15) is 0 Å². The van der Waals surface area contributed by atoms with Crippen LogP contribution in [0.15, 0.2) is 103 Å². The Balaban J connectivity index is 1.65. The van der Waals surface area contributed by atoms with Crippen molar-refractivity contribution in [3.8, 4) is 11.5 Å². The molecule has 0 heterocycles. The summed E-state index contributed by atoms with van der Waals surface area (Å²) < 4.78 is 11.9. The summed E-state index contributed by atoms with van der Waals surface area (Å²) in [6.45, 7) is 0.497. The van der Waals surface area contributed by atoms with Gasteiger partial charge in [0.25, 0.3) is 0 Å². The van der Waals surface area contributed by atoms with Crippen molar-refractivity contribution in [3.63, 3.8) is 0 Å². The molecule has 0 aliphatic heterocycles. The van der Waals surface area contributed by atoms with Crippen LogP contribution in [-0.4, -0.2) is 7.11 Å². The van der Waals surface area contributed by atoms with Crippen LogP contribution in [0, 0.1) is 0 Å². The van der Waals surface area contributed by atoms with Crippen LogP contribution in [-0.2, 0) is 6.61 Å². The third-order valence-electron chi connectivity index (χ3n) is 6.25. The van der Waals surface area contributed by atoms with Crippen LogP contribution in [0.4, 0.5) is 0 Å². The Bertz CT molecular complexity index is 1570. The monoisotopic (exact) mass is 414 g/mol. The zero-order valence-electron chi connectivity index (χ0n) is 17.8. The number of hydrogen-bond donors (Lipinski definition) is 0. The first-order chi connectivity index (χ1) is 15.8. The van der Waals surface area contributed by atoms with Gasteiger partial charge in [-0.15, -0.1) is 0 Å². The summed E-state index contributed by atoms with van der Waals surface area (Å²) in [5.74, 6) is 1.51. The molecular weight excluding hydrogens is 392 g/mol. The predicted octanol–water partition coefficient (Wildman–Crippen LogP) is 7.89. The van der Waals surface area contributed by atoms with Crippen LogP contribution in [0.1, 0.15) is 5.56 Å². The van der Waals surface area contributed by atoms with Gasteiger partial charge in [-0.25, -0.2) is 0 Å². The van der Waals surface area contributed by atoms with Crippen molar-refractivity contribution in [2.45, 2.75) is 6.61 Å². The average Bonchev–Trinajstić information content (AvgIpc) is 2.87. The molecular formula is C30H22O2. The predicted molar refractivity (Wildman–Crippen MR) is 134 cm³/mol. The van der Waals surface area contributed by atoms with Crippen LogP contribution < -0.4 is 9.47 Å². The van der Waals surface area contributed by atoms with Gasteiger partial charge in [0.1, 0.15) is 6.61 Å². The van der Waals surface area contributed by atoms with E-state index in [2.05, 4.69) is 84.9 Å². The highest BCUT2D eigenvalue weighted by molar-refractivity contribution is 6.31. The Hall–Kier alpha value is -4.04. The van der Waals surface area contributed by atoms with Gasteiger partial charge in [-0.3, -0.25) is 0 Å². The summed E-state index contributed by atoms with van der Waals surface area (Å²) in [7, 11) is 1.69. The standard InChI is InChI=1S/C30H22O2/c1-31-28-17-21-15-16-26-24-13-6-5-11-22(24)23-12-7-8-14-25(23)30(26)27(21)18-29(28)32-19-20-9-3-2-4-10-20/h2-18H,19H2,1H3. The van der Waals surface area contributed by atoms with E-state index in [1.54, 1.807) is 7.11 Å². The number of benzene rings is 6. The summed E-state index contributed by atoms with van der Waals surface area (Å²) in [4.78, 5) is 0. The minimum atomic E-state index is 0.497. The fourth-order valence-electron chi connectivity index (χ4n) is 4.74. The van der Waals surface area contributed by atoms with Crippen molar-refractivity contribution < 1.29 is 9.47 Å². The van der Waals surface area contributed by atoms with Gasteiger partial charge in [-0.1, -0.05) is 91.0 Å². The zero-order chi connectivity index (χ0) is 21.5. The van der Waals surface area contributed by atoms with Crippen LogP contribution in [0.2, 0.25) is 0 Å². The molecule has 0 aromatic heterocycles. The SMILES string of the molecule is COc1cc2ccc3c4ccccc4c4ccccc4c3c2cc1OCc1ccccc1. The van der Waals surface area contributed by atoms with E-state index < -0.39 is 0 Å². The van der Waals surface area contributed by atoms with Gasteiger partial charge < -0.3 is 9.47 Å². The lowest BCUT2D eigenvalue weighted by Gasteiger charge is -2.16. The van der Waals surface area contributed by atoms with E-state index in [9.17, 15) is 0 Å². The van der Waals surface area contributed by atoms with E-state index in [1.165, 1.54) is 37.7 Å². The molecule has 32 heavy (non-hydrogen) atoms. The normalized spacial score (nSPS) is 11.4. The molecule has 0 aliphatic carbocycles. The first-order valence-electron chi connectivity index (χ1n) is 10.8. The molecule has 6 aromatic rings. The maximum absolute atomic E-state index is 6.25. The van der Waals surface area contributed by atoms with Crippen LogP contribution in [0.3, 0.4) is 0 Å². The number of fused-ring (bicyclic) bond motifs is 8. The lowest BCUT2D eigenvalue weighted by Crippen LogP contribution is -1.98. The number of hydrogen-bond acceptors (Lipinski definition) is 2. The fourth-order valence-corrected chi connectivity index (χ4v) is 4.74. The molecule has 0 fully saturated rings. The summed E-state index contributed by atoms with van der Waals surface area (Å²) in [6.07, 6.45) is 0. The molecule has 0 radical (unpaired) electrons. The number of methoxy groups -OCH3 is 1. The largest absolute Gasteiger partial charge is 0.493 e. The highest BCUT2D eigenvalue weighted by Gasteiger charge is 2.14. The summed E-state index contributed by atoms with van der Waals surface area (Å²) >= 11 is 0. The summed E-state index contributed by atoms with van der Waals surface area (Å²) in [6, 6.07) is 36.2. The molecule has 6 rings (SSSR count). The lowest BCUT2D eigenvalue weighted by molar-refractivity contribution is 0.285. The molecule has 0 N–H and O–H groups in total. The van der Waals surface area contributed by atoms with Gasteiger partial charge in [-0.05, 0) is 60.8 Å². The second-order valence-electron chi connectivity index (χ2n) is 8.08. The van der Waals surface area contributed by atoms with Crippen LogP contribution in [0.25, 0.3) is 43.1 Å². The van der Waals surface area contributed by atoms with E-state index in [1.807, 2.05) is 18.2 Å². The average molecular weight is 415 g/mol. The Morgan fingerprint density at radius 2 is 1.12 bits per heavy atom. The third-order valence-corrected chi connectivity index (χ3v) is 6.25. The Morgan fingerprint density at radius 1 is 0.531 bits per heavy atom. The highest BCUT2D eigenvalue weighted by Crippen LogP contribution is 2.42. The van der Waals surface area contributed by atoms with Gasteiger partial charge in [0.15, 0.2) is 11.5 Å². The molecule has 0 unspecified atom stereocenters. The molecule has 0 saturated carbocycles. The van der Waals surface area contributed by atoms with Gasteiger partial charge in [0.2, 0.25) is 0 Å². The van der Waals surface area contributed by atoms with Gasteiger partial charge in [0, 0.05) is 0 Å². The quantitative estimate of drug-likeness (QED) is 0.273. The third kappa shape index (κ3) is 2.96. The minimum Gasteiger partial charge on any atom is -0.493 e. The Labute approximate surface area is 186 Å². The first-order valence-corrected chi connectivity index (χ1v) is 10.8. The molecule has 6 aromatic carbocycles. The topological polar surface area (TPSA) is 18.5 Å². The fraction of sp³-hybridized carbons (Fsp3) is 0.0667. The van der Waals surface area contributed by atoms with E-state index >= 15 is 0 Å².